The van der Waals surface area contributed by atoms with Gasteiger partial charge in [-0.15, -0.1) is 0 Å². The van der Waals surface area contributed by atoms with Gasteiger partial charge in [-0.25, -0.2) is 0 Å². The Morgan fingerprint density at radius 3 is 2.53 bits per heavy atom. The minimum atomic E-state index is 0.633. The molecular weight excluding hydrogens is 274 g/mol. The van der Waals surface area contributed by atoms with Crippen molar-refractivity contribution in [3.63, 3.8) is 0 Å². The van der Waals surface area contributed by atoms with Gasteiger partial charge in [-0.1, -0.05) is 47.8 Å². The molecule has 0 bridgehead atoms. The minimum Gasteiger partial charge on any atom is -0.316 e. The fraction of sp³-hybridized carbons (Fsp3) is 0.600. The lowest BCUT2D eigenvalue weighted by Crippen LogP contribution is -2.36. The molecule has 0 spiro atoms. The molecule has 1 nitrogen and oxygen atoms in total. The summed E-state index contributed by atoms with van der Waals surface area (Å²) in [7, 11) is 2.11. The Balaban J connectivity index is 2.01. The maximum Gasteiger partial charge on any atom is 0.0175 e. The van der Waals surface area contributed by atoms with Gasteiger partial charge in [-0.05, 0) is 49.4 Å². The predicted octanol–water partition coefficient (Wildman–Crippen LogP) is 4.02. The maximum atomic E-state index is 3.53. The lowest BCUT2D eigenvalue weighted by atomic mass is 9.86. The van der Waals surface area contributed by atoms with Crippen LogP contribution in [0.5, 0.6) is 0 Å². The summed E-state index contributed by atoms with van der Waals surface area (Å²) in [5, 5.41) is 3.53. The molecule has 17 heavy (non-hydrogen) atoms. The summed E-state index contributed by atoms with van der Waals surface area (Å²) in [6.07, 6.45) is 5.36. The van der Waals surface area contributed by atoms with Crippen LogP contribution in [0.15, 0.2) is 28.7 Å². The summed E-state index contributed by atoms with van der Waals surface area (Å²) in [6, 6.07) is 9.37. The van der Waals surface area contributed by atoms with E-state index >= 15 is 0 Å². The van der Waals surface area contributed by atoms with Crippen LogP contribution in [0.4, 0.5) is 0 Å². The van der Waals surface area contributed by atoms with Crippen LogP contribution in [0.3, 0.4) is 0 Å². The Bertz CT molecular complexity index is 346. The first-order valence-corrected chi connectivity index (χ1v) is 7.41. The SMILES string of the molecule is CNC(Cc1ccc(Br)cc1)C1CCCC1C. The number of nitrogens with one attached hydrogen (secondary N) is 1. The van der Waals surface area contributed by atoms with Crippen LogP contribution in [-0.2, 0) is 6.42 Å². The van der Waals surface area contributed by atoms with Gasteiger partial charge in [0.25, 0.3) is 0 Å². The topological polar surface area (TPSA) is 12.0 Å². The molecule has 1 aromatic rings. The molecule has 0 amide bonds. The van der Waals surface area contributed by atoms with E-state index in [0.717, 1.165) is 22.7 Å². The van der Waals surface area contributed by atoms with Crippen molar-refractivity contribution in [3.05, 3.63) is 34.3 Å². The number of rotatable bonds is 4. The smallest absolute Gasteiger partial charge is 0.0175 e. The first kappa shape index (κ1) is 13.1. The molecule has 3 atom stereocenters. The normalized spacial score (nSPS) is 26.1. The van der Waals surface area contributed by atoms with Crippen molar-refractivity contribution in [1.29, 1.82) is 0 Å². The monoisotopic (exact) mass is 295 g/mol. The van der Waals surface area contributed by atoms with E-state index in [4.69, 9.17) is 0 Å². The fourth-order valence-corrected chi connectivity index (χ4v) is 3.38. The van der Waals surface area contributed by atoms with Gasteiger partial charge in [0.2, 0.25) is 0 Å². The molecule has 2 heteroatoms. The predicted molar refractivity (Wildman–Crippen MR) is 77.2 cm³/mol. The van der Waals surface area contributed by atoms with Crippen LogP contribution < -0.4 is 5.32 Å². The Hall–Kier alpha value is -0.340. The van der Waals surface area contributed by atoms with Crippen LogP contribution in [0.2, 0.25) is 0 Å². The van der Waals surface area contributed by atoms with Gasteiger partial charge in [0.1, 0.15) is 0 Å². The van der Waals surface area contributed by atoms with E-state index in [1.54, 1.807) is 0 Å². The summed E-state index contributed by atoms with van der Waals surface area (Å²) in [5.74, 6) is 1.73. The first-order chi connectivity index (χ1) is 8.20. The zero-order valence-electron chi connectivity index (χ0n) is 10.7. The van der Waals surface area contributed by atoms with Crippen molar-refractivity contribution in [2.75, 3.05) is 7.05 Å². The van der Waals surface area contributed by atoms with Crippen molar-refractivity contribution in [2.45, 2.75) is 38.6 Å². The highest BCUT2D eigenvalue weighted by molar-refractivity contribution is 9.10. The quantitative estimate of drug-likeness (QED) is 0.885. The van der Waals surface area contributed by atoms with Crippen molar-refractivity contribution in [1.82, 2.24) is 5.32 Å². The van der Waals surface area contributed by atoms with Crippen molar-refractivity contribution < 1.29 is 0 Å². The Morgan fingerprint density at radius 2 is 2.00 bits per heavy atom. The molecule has 1 N–H and O–H groups in total. The summed E-state index contributed by atoms with van der Waals surface area (Å²) in [4.78, 5) is 0. The van der Waals surface area contributed by atoms with Gasteiger partial charge in [-0.2, -0.15) is 0 Å². The van der Waals surface area contributed by atoms with Crippen molar-refractivity contribution in [3.8, 4) is 0 Å². The summed E-state index contributed by atoms with van der Waals surface area (Å²) in [5.41, 5.74) is 1.44. The summed E-state index contributed by atoms with van der Waals surface area (Å²) < 4.78 is 1.16. The molecule has 0 radical (unpaired) electrons. The lowest BCUT2D eigenvalue weighted by molar-refractivity contribution is 0.308. The van der Waals surface area contributed by atoms with E-state index in [-0.39, 0.29) is 0 Å². The lowest BCUT2D eigenvalue weighted by Gasteiger charge is -2.26. The highest BCUT2D eigenvalue weighted by Gasteiger charge is 2.29. The third-order valence-electron chi connectivity index (χ3n) is 4.18. The number of likely N-dealkylation sites (N-methyl/N-ethyl adjacent to an activating group) is 1. The van der Waals surface area contributed by atoms with Crippen LogP contribution >= 0.6 is 15.9 Å². The zero-order chi connectivity index (χ0) is 12.3. The Labute approximate surface area is 113 Å². The molecule has 1 aliphatic rings. The largest absolute Gasteiger partial charge is 0.316 e. The van der Waals surface area contributed by atoms with Crippen LogP contribution in [0.25, 0.3) is 0 Å². The number of benzene rings is 1. The van der Waals surface area contributed by atoms with E-state index < -0.39 is 0 Å². The first-order valence-electron chi connectivity index (χ1n) is 6.62. The van der Waals surface area contributed by atoms with Gasteiger partial charge < -0.3 is 5.32 Å². The minimum absolute atomic E-state index is 0.633. The highest BCUT2D eigenvalue weighted by atomic mass is 79.9. The third-order valence-corrected chi connectivity index (χ3v) is 4.71. The van der Waals surface area contributed by atoms with Gasteiger partial charge >= 0.3 is 0 Å². The van der Waals surface area contributed by atoms with E-state index in [0.29, 0.717) is 6.04 Å². The number of hydrogen-bond donors (Lipinski definition) is 1. The van der Waals surface area contributed by atoms with Gasteiger partial charge in [0.15, 0.2) is 0 Å². The van der Waals surface area contributed by atoms with E-state index in [1.165, 1.54) is 24.8 Å². The average molecular weight is 296 g/mol. The molecule has 94 valence electrons. The average Bonchev–Trinajstić information content (AvgIpc) is 2.75. The molecule has 1 aromatic carbocycles. The van der Waals surface area contributed by atoms with Gasteiger partial charge in [0, 0.05) is 10.5 Å². The standard InChI is InChI=1S/C15H22BrN/c1-11-4-3-5-14(11)15(17-2)10-12-6-8-13(16)9-7-12/h6-9,11,14-15,17H,3-5,10H2,1-2H3. The molecule has 1 aliphatic carbocycles. The highest BCUT2D eigenvalue weighted by Crippen LogP contribution is 2.34. The molecule has 0 aromatic heterocycles. The number of hydrogen-bond acceptors (Lipinski definition) is 1. The fourth-order valence-electron chi connectivity index (χ4n) is 3.11. The van der Waals surface area contributed by atoms with Crippen molar-refractivity contribution in [2.24, 2.45) is 11.8 Å². The van der Waals surface area contributed by atoms with Crippen LogP contribution in [0.1, 0.15) is 31.7 Å². The van der Waals surface area contributed by atoms with Crippen molar-refractivity contribution >= 4 is 15.9 Å². The van der Waals surface area contributed by atoms with Gasteiger partial charge in [-0.3, -0.25) is 0 Å². The second kappa shape index (κ2) is 6.01. The zero-order valence-corrected chi connectivity index (χ0v) is 12.3. The second-order valence-corrected chi connectivity index (χ2v) is 6.21. The number of halogens is 1. The Morgan fingerprint density at radius 1 is 1.29 bits per heavy atom. The maximum absolute atomic E-state index is 3.53. The molecule has 0 heterocycles. The van der Waals surface area contributed by atoms with Crippen LogP contribution in [0, 0.1) is 11.8 Å². The van der Waals surface area contributed by atoms with E-state index in [9.17, 15) is 0 Å². The molecule has 0 aliphatic heterocycles. The van der Waals surface area contributed by atoms with E-state index in [1.807, 2.05) is 0 Å². The van der Waals surface area contributed by atoms with Crippen LogP contribution in [-0.4, -0.2) is 13.1 Å². The van der Waals surface area contributed by atoms with E-state index in [2.05, 4.69) is 59.5 Å². The molecule has 2 rings (SSSR count). The Kier molecular flexibility index (Phi) is 4.63. The molecule has 1 fully saturated rings. The summed E-state index contributed by atoms with van der Waals surface area (Å²) in [6.45, 7) is 2.41. The molecular formula is C15H22BrN. The van der Waals surface area contributed by atoms with Gasteiger partial charge in [0.05, 0.1) is 0 Å². The second-order valence-electron chi connectivity index (χ2n) is 5.30. The molecule has 3 unspecified atom stereocenters. The summed E-state index contributed by atoms with van der Waals surface area (Å²) >= 11 is 3.49. The molecule has 0 saturated heterocycles. The molecule has 1 saturated carbocycles. The third kappa shape index (κ3) is 3.32.